The van der Waals surface area contributed by atoms with Crippen molar-refractivity contribution in [3.8, 4) is 0 Å². The van der Waals surface area contributed by atoms with Crippen LogP contribution in [0.5, 0.6) is 0 Å². The third-order valence-electron chi connectivity index (χ3n) is 4.36. The summed E-state index contributed by atoms with van der Waals surface area (Å²) in [6.45, 7) is 8.00. The molecule has 0 saturated carbocycles. The summed E-state index contributed by atoms with van der Waals surface area (Å²) in [6, 6.07) is 7.44. The fraction of sp³-hybridized carbons (Fsp3) is 0.529. The molecule has 22 heavy (non-hydrogen) atoms. The predicted octanol–water partition coefficient (Wildman–Crippen LogP) is 1.26. The Labute approximate surface area is 132 Å². The Balaban J connectivity index is 1.93. The van der Waals surface area contributed by atoms with E-state index in [9.17, 15) is 9.59 Å². The quantitative estimate of drug-likeness (QED) is 0.914. The molecule has 5 heteroatoms. The fourth-order valence-corrected chi connectivity index (χ4v) is 2.52. The van der Waals surface area contributed by atoms with E-state index in [1.165, 1.54) is 0 Å². The summed E-state index contributed by atoms with van der Waals surface area (Å²) in [5, 5.41) is 0. The van der Waals surface area contributed by atoms with Gasteiger partial charge in [0.05, 0.1) is 5.92 Å². The highest BCUT2D eigenvalue weighted by Crippen LogP contribution is 2.13. The zero-order valence-electron chi connectivity index (χ0n) is 13.6. The van der Waals surface area contributed by atoms with Crippen molar-refractivity contribution in [3.05, 3.63) is 35.4 Å². The Morgan fingerprint density at radius 2 is 1.50 bits per heavy atom. The summed E-state index contributed by atoms with van der Waals surface area (Å²) in [7, 11) is 0. The summed E-state index contributed by atoms with van der Waals surface area (Å²) in [6.07, 6.45) is 0. The number of nitrogens with two attached hydrogens (primary N) is 1. The maximum Gasteiger partial charge on any atom is 0.253 e. The molecule has 1 aromatic carbocycles. The molecule has 1 fully saturated rings. The SMILES string of the molecule is Cc1ccc(C(=O)N2CCN(C(=O)C(C)C(C)N)CC2)cc1. The Hall–Kier alpha value is -1.88. The number of hydrogen-bond donors (Lipinski definition) is 1. The molecule has 0 radical (unpaired) electrons. The Kier molecular flexibility index (Phi) is 5.19. The lowest BCUT2D eigenvalue weighted by molar-refractivity contribution is -0.137. The highest BCUT2D eigenvalue weighted by atomic mass is 16.2. The normalized spacial score (nSPS) is 18.0. The van der Waals surface area contributed by atoms with Crippen molar-refractivity contribution in [2.45, 2.75) is 26.8 Å². The molecule has 1 aliphatic rings. The maximum absolute atomic E-state index is 12.4. The van der Waals surface area contributed by atoms with Gasteiger partial charge in [0.2, 0.25) is 5.91 Å². The van der Waals surface area contributed by atoms with Crippen LogP contribution in [-0.2, 0) is 4.79 Å². The third kappa shape index (κ3) is 3.65. The molecule has 120 valence electrons. The molecule has 2 N–H and O–H groups in total. The van der Waals surface area contributed by atoms with Crippen LogP contribution in [-0.4, -0.2) is 53.8 Å². The number of rotatable bonds is 3. The first kappa shape index (κ1) is 16.5. The molecular formula is C17H25N3O2. The van der Waals surface area contributed by atoms with Crippen LogP contribution in [0.4, 0.5) is 0 Å². The van der Waals surface area contributed by atoms with Crippen LogP contribution in [0, 0.1) is 12.8 Å². The zero-order chi connectivity index (χ0) is 16.3. The second-order valence-electron chi connectivity index (χ2n) is 6.13. The van der Waals surface area contributed by atoms with Crippen LogP contribution < -0.4 is 5.73 Å². The van der Waals surface area contributed by atoms with Gasteiger partial charge in [-0.1, -0.05) is 24.6 Å². The molecule has 0 aliphatic carbocycles. The minimum Gasteiger partial charge on any atom is -0.339 e. The van der Waals surface area contributed by atoms with Crippen LogP contribution in [0.2, 0.25) is 0 Å². The van der Waals surface area contributed by atoms with E-state index in [0.29, 0.717) is 31.7 Å². The highest BCUT2D eigenvalue weighted by molar-refractivity contribution is 5.94. The second kappa shape index (κ2) is 6.92. The van der Waals surface area contributed by atoms with Gasteiger partial charge in [-0.05, 0) is 26.0 Å². The topological polar surface area (TPSA) is 66.6 Å². The summed E-state index contributed by atoms with van der Waals surface area (Å²) in [4.78, 5) is 28.3. The van der Waals surface area contributed by atoms with Gasteiger partial charge in [0.1, 0.15) is 0 Å². The van der Waals surface area contributed by atoms with Crippen LogP contribution in [0.3, 0.4) is 0 Å². The molecule has 1 aliphatic heterocycles. The molecule has 5 nitrogen and oxygen atoms in total. The Morgan fingerprint density at radius 1 is 1.00 bits per heavy atom. The van der Waals surface area contributed by atoms with Crippen molar-refractivity contribution in [2.24, 2.45) is 11.7 Å². The van der Waals surface area contributed by atoms with Gasteiger partial charge in [-0.15, -0.1) is 0 Å². The van der Waals surface area contributed by atoms with Crippen LogP contribution >= 0.6 is 0 Å². The average molecular weight is 303 g/mol. The largest absolute Gasteiger partial charge is 0.339 e. The molecule has 1 aromatic rings. The molecule has 0 bridgehead atoms. The number of amides is 2. The Morgan fingerprint density at radius 3 is 2.00 bits per heavy atom. The first-order valence-corrected chi connectivity index (χ1v) is 7.80. The van der Waals surface area contributed by atoms with E-state index in [0.717, 1.165) is 5.56 Å². The van der Waals surface area contributed by atoms with E-state index in [1.807, 2.05) is 54.8 Å². The third-order valence-corrected chi connectivity index (χ3v) is 4.36. The summed E-state index contributed by atoms with van der Waals surface area (Å²) >= 11 is 0. The van der Waals surface area contributed by atoms with Crippen molar-refractivity contribution in [3.63, 3.8) is 0 Å². The smallest absolute Gasteiger partial charge is 0.253 e. The Bertz CT molecular complexity index is 531. The molecule has 1 heterocycles. The molecule has 2 unspecified atom stereocenters. The first-order chi connectivity index (χ1) is 10.4. The zero-order valence-corrected chi connectivity index (χ0v) is 13.6. The van der Waals surface area contributed by atoms with E-state index in [2.05, 4.69) is 0 Å². The van der Waals surface area contributed by atoms with Gasteiger partial charge in [-0.2, -0.15) is 0 Å². The number of benzene rings is 1. The predicted molar refractivity (Wildman–Crippen MR) is 86.5 cm³/mol. The molecule has 1 saturated heterocycles. The molecule has 2 amide bonds. The minimum atomic E-state index is -0.181. The monoisotopic (exact) mass is 303 g/mol. The lowest BCUT2D eigenvalue weighted by Gasteiger charge is -2.36. The van der Waals surface area contributed by atoms with E-state index in [4.69, 9.17) is 5.73 Å². The number of carbonyl (C=O) groups excluding carboxylic acids is 2. The van der Waals surface area contributed by atoms with Crippen molar-refractivity contribution in [1.29, 1.82) is 0 Å². The lowest BCUT2D eigenvalue weighted by atomic mass is 10.0. The molecular weight excluding hydrogens is 278 g/mol. The average Bonchev–Trinajstić information content (AvgIpc) is 2.53. The van der Waals surface area contributed by atoms with Crippen LogP contribution in [0.25, 0.3) is 0 Å². The number of carbonyl (C=O) groups is 2. The lowest BCUT2D eigenvalue weighted by Crippen LogP contribution is -2.53. The summed E-state index contributed by atoms with van der Waals surface area (Å²) in [5.74, 6) is -0.0656. The van der Waals surface area contributed by atoms with Gasteiger partial charge in [-0.3, -0.25) is 9.59 Å². The molecule has 0 spiro atoms. The maximum atomic E-state index is 12.4. The molecule has 2 rings (SSSR count). The molecule has 0 aromatic heterocycles. The number of hydrogen-bond acceptors (Lipinski definition) is 3. The van der Waals surface area contributed by atoms with Gasteiger partial charge in [0, 0.05) is 37.8 Å². The van der Waals surface area contributed by atoms with E-state index < -0.39 is 0 Å². The summed E-state index contributed by atoms with van der Waals surface area (Å²) < 4.78 is 0. The first-order valence-electron chi connectivity index (χ1n) is 7.80. The highest BCUT2D eigenvalue weighted by Gasteiger charge is 2.28. The van der Waals surface area contributed by atoms with Crippen molar-refractivity contribution in [1.82, 2.24) is 9.80 Å². The van der Waals surface area contributed by atoms with E-state index >= 15 is 0 Å². The summed E-state index contributed by atoms with van der Waals surface area (Å²) in [5.41, 5.74) is 7.63. The van der Waals surface area contributed by atoms with Gasteiger partial charge >= 0.3 is 0 Å². The molecule has 2 atom stereocenters. The van der Waals surface area contributed by atoms with Crippen molar-refractivity contribution >= 4 is 11.8 Å². The van der Waals surface area contributed by atoms with Crippen LogP contribution in [0.15, 0.2) is 24.3 Å². The van der Waals surface area contributed by atoms with Gasteiger partial charge in [0.25, 0.3) is 5.91 Å². The fourth-order valence-electron chi connectivity index (χ4n) is 2.52. The van der Waals surface area contributed by atoms with Crippen molar-refractivity contribution < 1.29 is 9.59 Å². The number of nitrogens with zero attached hydrogens (tertiary/aromatic N) is 2. The standard InChI is InChI=1S/C17H25N3O2/c1-12-4-6-15(7-5-12)17(22)20-10-8-19(9-11-20)16(21)13(2)14(3)18/h4-7,13-14H,8-11,18H2,1-3H3. The number of piperazine rings is 1. The van der Waals surface area contributed by atoms with Crippen LogP contribution in [0.1, 0.15) is 29.8 Å². The van der Waals surface area contributed by atoms with Gasteiger partial charge in [-0.25, -0.2) is 0 Å². The van der Waals surface area contributed by atoms with Crippen molar-refractivity contribution in [2.75, 3.05) is 26.2 Å². The van der Waals surface area contributed by atoms with E-state index in [1.54, 1.807) is 0 Å². The van der Waals surface area contributed by atoms with Gasteiger partial charge < -0.3 is 15.5 Å². The minimum absolute atomic E-state index is 0.0346. The van der Waals surface area contributed by atoms with E-state index in [-0.39, 0.29) is 23.8 Å². The second-order valence-corrected chi connectivity index (χ2v) is 6.13. The van der Waals surface area contributed by atoms with Gasteiger partial charge in [0.15, 0.2) is 0 Å². The number of aryl methyl sites for hydroxylation is 1.